The second-order valence-electron chi connectivity index (χ2n) is 5.42. The lowest BCUT2D eigenvalue weighted by atomic mass is 10.1. The summed E-state index contributed by atoms with van der Waals surface area (Å²) < 4.78 is 10.5. The average Bonchev–Trinajstić information content (AvgIpc) is 2.60. The first kappa shape index (κ1) is 18.9. The highest BCUT2D eigenvalue weighted by Gasteiger charge is 2.11. The maximum Gasteiger partial charge on any atom is 0.344 e. The number of rotatable bonds is 7. The molecule has 0 radical (unpaired) electrons. The smallest absolute Gasteiger partial charge is 0.344 e. The van der Waals surface area contributed by atoms with Crippen LogP contribution in [0, 0.1) is 13.8 Å². The van der Waals surface area contributed by atoms with Crippen LogP contribution in [-0.4, -0.2) is 31.3 Å². The number of amides is 1. The number of benzene rings is 2. The van der Waals surface area contributed by atoms with E-state index >= 15 is 0 Å². The van der Waals surface area contributed by atoms with Gasteiger partial charge in [0.1, 0.15) is 5.75 Å². The first-order valence-corrected chi connectivity index (χ1v) is 9.01. The molecule has 6 heteroatoms. The molecule has 0 aliphatic carbocycles. The first-order valence-electron chi connectivity index (χ1n) is 7.78. The van der Waals surface area contributed by atoms with E-state index in [-0.39, 0.29) is 19.1 Å². The maximum atomic E-state index is 11.9. The number of para-hydroxylation sites is 2. The Labute approximate surface area is 151 Å². The fourth-order valence-corrected chi connectivity index (χ4v) is 2.83. The predicted octanol–water partition coefficient (Wildman–Crippen LogP) is 3.59. The normalized spacial score (nSPS) is 10.2. The van der Waals surface area contributed by atoms with E-state index in [1.165, 1.54) is 11.8 Å². The molecular weight excluding hydrogens is 338 g/mol. The van der Waals surface area contributed by atoms with E-state index in [2.05, 4.69) is 5.32 Å². The van der Waals surface area contributed by atoms with Crippen LogP contribution in [0.15, 0.2) is 47.4 Å². The molecule has 0 saturated carbocycles. The van der Waals surface area contributed by atoms with Crippen molar-refractivity contribution in [3.05, 3.63) is 53.6 Å². The third-order valence-corrected chi connectivity index (χ3v) is 4.28. The largest absolute Gasteiger partial charge is 0.481 e. The molecule has 0 spiro atoms. The Morgan fingerprint density at radius 2 is 1.68 bits per heavy atom. The maximum absolute atomic E-state index is 11.9. The van der Waals surface area contributed by atoms with Gasteiger partial charge in [0.25, 0.3) is 5.91 Å². The topological polar surface area (TPSA) is 64.6 Å². The van der Waals surface area contributed by atoms with Gasteiger partial charge in [-0.05, 0) is 43.4 Å². The van der Waals surface area contributed by atoms with E-state index in [0.29, 0.717) is 11.4 Å². The quantitative estimate of drug-likeness (QED) is 0.605. The van der Waals surface area contributed by atoms with E-state index in [4.69, 9.17) is 9.47 Å². The molecular formula is C19H21NO4S. The number of hydrogen-bond acceptors (Lipinski definition) is 5. The van der Waals surface area contributed by atoms with Gasteiger partial charge in [-0.25, -0.2) is 4.79 Å². The molecule has 0 aliphatic rings. The monoisotopic (exact) mass is 359 g/mol. The fourth-order valence-electron chi connectivity index (χ4n) is 2.28. The minimum Gasteiger partial charge on any atom is -0.481 e. The highest BCUT2D eigenvalue weighted by molar-refractivity contribution is 7.98. The summed E-state index contributed by atoms with van der Waals surface area (Å²) in [4.78, 5) is 24.7. The van der Waals surface area contributed by atoms with Gasteiger partial charge in [-0.15, -0.1) is 11.8 Å². The SMILES string of the molecule is CSc1ccccc1NC(=O)COC(=O)COc1c(C)cccc1C. The highest BCUT2D eigenvalue weighted by Crippen LogP contribution is 2.24. The Bertz CT molecular complexity index is 741. The summed E-state index contributed by atoms with van der Waals surface area (Å²) in [5, 5.41) is 2.73. The average molecular weight is 359 g/mol. The van der Waals surface area contributed by atoms with Crippen LogP contribution < -0.4 is 10.1 Å². The van der Waals surface area contributed by atoms with Gasteiger partial charge in [0.05, 0.1) is 5.69 Å². The Morgan fingerprint density at radius 1 is 1.00 bits per heavy atom. The van der Waals surface area contributed by atoms with Gasteiger partial charge in [-0.3, -0.25) is 4.79 Å². The summed E-state index contributed by atoms with van der Waals surface area (Å²) in [5.41, 5.74) is 2.58. The summed E-state index contributed by atoms with van der Waals surface area (Å²) in [6.07, 6.45) is 1.93. The second kappa shape index (κ2) is 9.13. The van der Waals surface area contributed by atoms with E-state index < -0.39 is 5.97 Å². The summed E-state index contributed by atoms with van der Waals surface area (Å²) in [7, 11) is 0. The standard InChI is InChI=1S/C19H21NO4S/c1-13-7-6-8-14(2)19(13)24-12-18(22)23-11-17(21)20-15-9-4-5-10-16(15)25-3/h4-10H,11-12H2,1-3H3,(H,20,21). The van der Waals surface area contributed by atoms with E-state index in [0.717, 1.165) is 16.0 Å². The fraction of sp³-hybridized carbons (Fsp3) is 0.263. The number of nitrogens with one attached hydrogen (secondary N) is 1. The van der Waals surface area contributed by atoms with Crippen molar-refractivity contribution in [2.45, 2.75) is 18.7 Å². The second-order valence-corrected chi connectivity index (χ2v) is 6.27. The van der Waals surface area contributed by atoms with Crippen molar-refractivity contribution in [3.8, 4) is 5.75 Å². The van der Waals surface area contributed by atoms with Crippen molar-refractivity contribution >= 4 is 29.3 Å². The highest BCUT2D eigenvalue weighted by atomic mass is 32.2. The number of esters is 1. The van der Waals surface area contributed by atoms with Crippen LogP contribution in [0.3, 0.4) is 0 Å². The van der Waals surface area contributed by atoms with Crippen molar-refractivity contribution in [2.24, 2.45) is 0 Å². The summed E-state index contributed by atoms with van der Waals surface area (Å²) in [6.45, 7) is 3.23. The first-order chi connectivity index (χ1) is 12.0. The number of hydrogen-bond donors (Lipinski definition) is 1. The number of ether oxygens (including phenoxy) is 2. The van der Waals surface area contributed by atoms with Crippen molar-refractivity contribution in [1.29, 1.82) is 0 Å². The molecule has 1 N–H and O–H groups in total. The Kier molecular flexibility index (Phi) is 6.89. The molecule has 2 rings (SSSR count). The molecule has 0 bridgehead atoms. The number of thioether (sulfide) groups is 1. The van der Waals surface area contributed by atoms with Crippen molar-refractivity contribution in [1.82, 2.24) is 0 Å². The van der Waals surface area contributed by atoms with E-state index in [9.17, 15) is 9.59 Å². The third kappa shape index (κ3) is 5.53. The number of carbonyl (C=O) groups excluding carboxylic acids is 2. The lowest BCUT2D eigenvalue weighted by molar-refractivity contribution is -0.149. The van der Waals surface area contributed by atoms with E-state index in [1.54, 1.807) is 6.07 Å². The molecule has 2 aromatic rings. The predicted molar refractivity (Wildman–Crippen MR) is 99.2 cm³/mol. The summed E-state index contributed by atoms with van der Waals surface area (Å²) >= 11 is 1.53. The molecule has 132 valence electrons. The molecule has 0 aromatic heterocycles. The molecule has 0 aliphatic heterocycles. The lowest BCUT2D eigenvalue weighted by Gasteiger charge is -2.12. The zero-order valence-electron chi connectivity index (χ0n) is 14.5. The number of carbonyl (C=O) groups is 2. The van der Waals surface area contributed by atoms with Crippen LogP contribution in [0.2, 0.25) is 0 Å². The molecule has 2 aromatic carbocycles. The Hall–Kier alpha value is -2.47. The third-order valence-electron chi connectivity index (χ3n) is 3.49. The van der Waals surface area contributed by atoms with Crippen LogP contribution in [0.1, 0.15) is 11.1 Å². The summed E-state index contributed by atoms with van der Waals surface area (Å²) in [6, 6.07) is 13.2. The Morgan fingerprint density at radius 3 is 2.36 bits per heavy atom. The minimum atomic E-state index is -0.587. The molecule has 5 nitrogen and oxygen atoms in total. The molecule has 0 fully saturated rings. The zero-order chi connectivity index (χ0) is 18.2. The van der Waals surface area contributed by atoms with Gasteiger partial charge in [0.2, 0.25) is 0 Å². The van der Waals surface area contributed by atoms with E-state index in [1.807, 2.05) is 56.5 Å². The minimum absolute atomic E-state index is 0.236. The molecule has 0 unspecified atom stereocenters. The lowest BCUT2D eigenvalue weighted by Crippen LogP contribution is -2.24. The van der Waals surface area contributed by atoms with Gasteiger partial charge in [-0.1, -0.05) is 30.3 Å². The van der Waals surface area contributed by atoms with Crippen molar-refractivity contribution in [3.63, 3.8) is 0 Å². The molecule has 0 atom stereocenters. The van der Waals surface area contributed by atoms with Gasteiger partial charge >= 0.3 is 5.97 Å². The van der Waals surface area contributed by atoms with Gasteiger partial charge < -0.3 is 14.8 Å². The van der Waals surface area contributed by atoms with Crippen molar-refractivity contribution < 1.29 is 19.1 Å². The number of anilines is 1. The van der Waals surface area contributed by atoms with Crippen LogP contribution in [0.5, 0.6) is 5.75 Å². The zero-order valence-corrected chi connectivity index (χ0v) is 15.3. The van der Waals surface area contributed by atoms with Crippen molar-refractivity contribution in [2.75, 3.05) is 24.8 Å². The van der Waals surface area contributed by atoms with Crippen LogP contribution in [0.4, 0.5) is 5.69 Å². The number of aryl methyl sites for hydroxylation is 2. The van der Waals surface area contributed by atoms with Crippen LogP contribution in [0.25, 0.3) is 0 Å². The van der Waals surface area contributed by atoms with Gasteiger partial charge in [0.15, 0.2) is 13.2 Å². The van der Waals surface area contributed by atoms with Crippen LogP contribution >= 0.6 is 11.8 Å². The molecule has 0 saturated heterocycles. The van der Waals surface area contributed by atoms with Gasteiger partial charge in [0, 0.05) is 4.90 Å². The Balaban J connectivity index is 1.80. The van der Waals surface area contributed by atoms with Gasteiger partial charge in [-0.2, -0.15) is 0 Å². The molecule has 0 heterocycles. The van der Waals surface area contributed by atoms with Crippen LogP contribution in [-0.2, 0) is 14.3 Å². The summed E-state index contributed by atoms with van der Waals surface area (Å²) in [5.74, 6) is -0.310. The molecule has 1 amide bonds. The molecule has 25 heavy (non-hydrogen) atoms.